The van der Waals surface area contributed by atoms with Gasteiger partial charge < -0.3 is 25.0 Å². The Kier molecular flexibility index (Phi) is 12.7. The molecule has 120 valence electrons. The summed E-state index contributed by atoms with van der Waals surface area (Å²) < 4.78 is 10.0. The first kappa shape index (κ1) is 21.4. The van der Waals surface area contributed by atoms with E-state index in [0.29, 0.717) is 13.2 Å². The average molecular weight is 312 g/mol. The molecule has 0 radical (unpaired) electrons. The van der Waals surface area contributed by atoms with Crippen LogP contribution in [0.3, 0.4) is 0 Å². The van der Waals surface area contributed by atoms with Crippen molar-refractivity contribution in [3.8, 4) is 0 Å². The second-order valence-corrected chi connectivity index (χ2v) is 4.39. The molecule has 20 heavy (non-hydrogen) atoms. The highest BCUT2D eigenvalue weighted by Gasteiger charge is 2.21. The van der Waals surface area contributed by atoms with Gasteiger partial charge in [0.25, 0.3) is 0 Å². The zero-order chi connectivity index (χ0) is 14.8. The third kappa shape index (κ3) is 8.31. The molecule has 0 spiro atoms. The van der Waals surface area contributed by atoms with E-state index in [9.17, 15) is 9.59 Å². The zero-order valence-corrected chi connectivity index (χ0v) is 13.4. The summed E-state index contributed by atoms with van der Waals surface area (Å²) in [5.41, 5.74) is 5.49. The lowest BCUT2D eigenvalue weighted by atomic mass is 10.2. The van der Waals surface area contributed by atoms with Gasteiger partial charge in [0, 0.05) is 41.4 Å². The van der Waals surface area contributed by atoms with Crippen molar-refractivity contribution >= 4 is 24.2 Å². The number of nitrogens with two attached hydrogens (primary N) is 1. The molecule has 0 aliphatic carbocycles. The second kappa shape index (κ2) is 11.9. The monoisotopic (exact) mass is 311 g/mol. The van der Waals surface area contributed by atoms with E-state index in [4.69, 9.17) is 15.2 Å². The Morgan fingerprint density at radius 1 is 1.20 bits per heavy atom. The van der Waals surface area contributed by atoms with E-state index in [-0.39, 0.29) is 49.8 Å². The molecule has 0 saturated heterocycles. The van der Waals surface area contributed by atoms with Crippen LogP contribution in [0.25, 0.3) is 0 Å². The molecule has 8 heteroatoms. The van der Waals surface area contributed by atoms with E-state index in [1.54, 1.807) is 21.2 Å². The van der Waals surface area contributed by atoms with E-state index in [1.807, 2.05) is 0 Å². The van der Waals surface area contributed by atoms with Gasteiger partial charge in [0.1, 0.15) is 0 Å². The molecule has 0 saturated carbocycles. The molecule has 0 fully saturated rings. The molecule has 2 N–H and O–H groups in total. The largest absolute Gasteiger partial charge is 0.383 e. The SMILES string of the molecule is COCCN(CC(=O)N(C)C)C(=O)CC(CN)OC.Cl. The van der Waals surface area contributed by atoms with E-state index in [1.165, 1.54) is 16.9 Å². The van der Waals surface area contributed by atoms with Gasteiger partial charge in [-0.05, 0) is 0 Å². The topological polar surface area (TPSA) is 85.1 Å². The van der Waals surface area contributed by atoms with Crippen LogP contribution in [-0.2, 0) is 19.1 Å². The maximum Gasteiger partial charge on any atom is 0.241 e. The molecule has 0 heterocycles. The van der Waals surface area contributed by atoms with Crippen molar-refractivity contribution in [2.45, 2.75) is 12.5 Å². The Bertz CT molecular complexity index is 286. The van der Waals surface area contributed by atoms with Gasteiger partial charge in [0.15, 0.2) is 0 Å². The Hall–Kier alpha value is -0.890. The van der Waals surface area contributed by atoms with Crippen LogP contribution in [0.4, 0.5) is 0 Å². The van der Waals surface area contributed by atoms with Crippen LogP contribution < -0.4 is 5.73 Å². The summed E-state index contributed by atoms with van der Waals surface area (Å²) in [5.74, 6) is -0.296. The summed E-state index contributed by atoms with van der Waals surface area (Å²) >= 11 is 0. The number of hydrogen-bond donors (Lipinski definition) is 1. The molecular formula is C12H26ClN3O4. The third-order valence-electron chi connectivity index (χ3n) is 2.74. The molecule has 0 rings (SSSR count). The Balaban J connectivity index is 0. The van der Waals surface area contributed by atoms with Crippen molar-refractivity contribution in [1.82, 2.24) is 9.80 Å². The Morgan fingerprint density at radius 3 is 2.20 bits per heavy atom. The number of methoxy groups -OCH3 is 2. The number of amides is 2. The van der Waals surface area contributed by atoms with E-state index < -0.39 is 0 Å². The van der Waals surface area contributed by atoms with Crippen LogP contribution in [0.5, 0.6) is 0 Å². The summed E-state index contributed by atoms with van der Waals surface area (Å²) in [7, 11) is 6.36. The number of halogens is 1. The van der Waals surface area contributed by atoms with Gasteiger partial charge in [-0.25, -0.2) is 0 Å². The van der Waals surface area contributed by atoms with Crippen molar-refractivity contribution in [2.75, 3.05) is 54.6 Å². The highest BCUT2D eigenvalue weighted by Crippen LogP contribution is 2.02. The van der Waals surface area contributed by atoms with Crippen LogP contribution in [0.15, 0.2) is 0 Å². The normalized spacial score (nSPS) is 11.4. The third-order valence-corrected chi connectivity index (χ3v) is 2.74. The van der Waals surface area contributed by atoms with Crippen LogP contribution >= 0.6 is 12.4 Å². The number of rotatable bonds is 9. The maximum atomic E-state index is 12.1. The minimum absolute atomic E-state index is 0. The van der Waals surface area contributed by atoms with Crippen molar-refractivity contribution in [1.29, 1.82) is 0 Å². The summed E-state index contributed by atoms with van der Waals surface area (Å²) in [6.45, 7) is 1.06. The molecule has 0 bridgehead atoms. The fourth-order valence-corrected chi connectivity index (χ4v) is 1.38. The lowest BCUT2D eigenvalue weighted by Crippen LogP contribution is -2.43. The first-order valence-electron chi connectivity index (χ1n) is 6.16. The van der Waals surface area contributed by atoms with Gasteiger partial charge in [-0.15, -0.1) is 12.4 Å². The fraction of sp³-hybridized carbons (Fsp3) is 0.833. The number of ether oxygens (including phenoxy) is 2. The molecule has 0 aromatic rings. The lowest BCUT2D eigenvalue weighted by Gasteiger charge is -2.25. The molecule has 0 aliphatic rings. The minimum Gasteiger partial charge on any atom is -0.383 e. The Morgan fingerprint density at radius 2 is 1.80 bits per heavy atom. The van der Waals surface area contributed by atoms with Crippen molar-refractivity contribution in [3.05, 3.63) is 0 Å². The molecule has 7 nitrogen and oxygen atoms in total. The first-order chi connectivity index (χ1) is 8.96. The summed E-state index contributed by atoms with van der Waals surface area (Å²) in [6, 6.07) is 0. The van der Waals surface area contributed by atoms with E-state index >= 15 is 0 Å². The highest BCUT2D eigenvalue weighted by molar-refractivity contribution is 5.85. The maximum absolute atomic E-state index is 12.1. The number of carbonyl (C=O) groups is 2. The van der Waals surface area contributed by atoms with Gasteiger partial charge in [-0.3, -0.25) is 9.59 Å². The average Bonchev–Trinajstić information content (AvgIpc) is 2.39. The van der Waals surface area contributed by atoms with Gasteiger partial charge in [0.05, 0.1) is 25.7 Å². The smallest absolute Gasteiger partial charge is 0.241 e. The fourth-order valence-electron chi connectivity index (χ4n) is 1.38. The number of carbonyl (C=O) groups excluding carboxylic acids is 2. The number of likely N-dealkylation sites (N-methyl/N-ethyl adjacent to an activating group) is 1. The van der Waals surface area contributed by atoms with Gasteiger partial charge in [-0.2, -0.15) is 0 Å². The lowest BCUT2D eigenvalue weighted by molar-refractivity contribution is -0.141. The molecular weight excluding hydrogens is 286 g/mol. The predicted molar refractivity (Wildman–Crippen MR) is 78.9 cm³/mol. The number of hydrogen-bond acceptors (Lipinski definition) is 5. The van der Waals surface area contributed by atoms with Crippen LogP contribution in [0, 0.1) is 0 Å². The summed E-state index contributed by atoms with van der Waals surface area (Å²) in [4.78, 5) is 26.7. The second-order valence-electron chi connectivity index (χ2n) is 4.39. The standard InChI is InChI=1S/C12H25N3O4.ClH/c1-14(2)12(17)9-15(5-6-18-3)11(16)7-10(8-13)19-4;/h10H,5-9,13H2,1-4H3;1H. The first-order valence-corrected chi connectivity index (χ1v) is 6.16. The zero-order valence-electron chi connectivity index (χ0n) is 12.6. The number of nitrogens with zero attached hydrogens (tertiary/aromatic N) is 2. The highest BCUT2D eigenvalue weighted by atomic mass is 35.5. The van der Waals surface area contributed by atoms with Gasteiger partial charge >= 0.3 is 0 Å². The van der Waals surface area contributed by atoms with Crippen LogP contribution in [0.2, 0.25) is 0 Å². The summed E-state index contributed by atoms with van der Waals surface area (Å²) in [6.07, 6.45) is -0.163. The predicted octanol–water partition coefficient (Wildman–Crippen LogP) is -0.665. The molecule has 0 aromatic carbocycles. The van der Waals surface area contributed by atoms with Crippen molar-refractivity contribution in [3.63, 3.8) is 0 Å². The molecule has 1 unspecified atom stereocenters. The van der Waals surface area contributed by atoms with E-state index in [0.717, 1.165) is 0 Å². The van der Waals surface area contributed by atoms with Gasteiger partial charge in [-0.1, -0.05) is 0 Å². The van der Waals surface area contributed by atoms with Crippen molar-refractivity contribution < 1.29 is 19.1 Å². The quantitative estimate of drug-likeness (QED) is 0.611. The van der Waals surface area contributed by atoms with Gasteiger partial charge in [0.2, 0.25) is 11.8 Å². The molecule has 0 aliphatic heterocycles. The van der Waals surface area contributed by atoms with E-state index in [2.05, 4.69) is 0 Å². The van der Waals surface area contributed by atoms with Crippen molar-refractivity contribution in [2.24, 2.45) is 5.73 Å². The summed E-state index contributed by atoms with van der Waals surface area (Å²) in [5, 5.41) is 0. The Labute approximate surface area is 126 Å². The molecule has 0 aromatic heterocycles. The molecule has 1 atom stereocenters. The van der Waals surface area contributed by atoms with Crippen LogP contribution in [-0.4, -0.2) is 82.3 Å². The minimum atomic E-state index is -0.327. The molecule has 2 amide bonds. The van der Waals surface area contributed by atoms with Crippen LogP contribution in [0.1, 0.15) is 6.42 Å².